The molecule has 114 valence electrons. The molecule has 0 unspecified atom stereocenters. The number of aryl methyl sites for hydroxylation is 1. The zero-order valence-electron chi connectivity index (χ0n) is 11.5. The molecule has 0 radical (unpaired) electrons. The van der Waals surface area contributed by atoms with E-state index in [1.165, 1.54) is 6.07 Å². The fourth-order valence-electron chi connectivity index (χ4n) is 1.92. The van der Waals surface area contributed by atoms with Crippen molar-refractivity contribution >= 4 is 0 Å². The molecule has 7 heteroatoms. The summed E-state index contributed by atoms with van der Waals surface area (Å²) in [7, 11) is 0. The Morgan fingerprint density at radius 2 is 2.05 bits per heavy atom. The predicted octanol–water partition coefficient (Wildman–Crippen LogP) is 2.76. The Kier molecular flexibility index (Phi) is 4.52. The van der Waals surface area contributed by atoms with Crippen LogP contribution in [0.3, 0.4) is 0 Å². The maximum atomic E-state index is 12.1. The zero-order valence-corrected chi connectivity index (χ0v) is 11.5. The van der Waals surface area contributed by atoms with Crippen LogP contribution in [0, 0.1) is 6.92 Å². The maximum absolute atomic E-state index is 12.1. The quantitative estimate of drug-likeness (QED) is 0.923. The largest absolute Gasteiger partial charge is 0.484 e. The molecule has 0 amide bonds. The first-order valence-corrected chi connectivity index (χ1v) is 6.42. The Morgan fingerprint density at radius 3 is 2.67 bits per heavy atom. The lowest BCUT2D eigenvalue weighted by Crippen LogP contribution is -2.19. The fraction of sp³-hybridized carbons (Fsp3) is 0.357. The van der Waals surface area contributed by atoms with Crippen LogP contribution in [0.2, 0.25) is 0 Å². The number of aromatic nitrogens is 2. The molecule has 1 aromatic carbocycles. The van der Waals surface area contributed by atoms with Crippen molar-refractivity contribution < 1.29 is 17.9 Å². The molecule has 0 saturated heterocycles. The van der Waals surface area contributed by atoms with E-state index in [2.05, 4.69) is 5.10 Å². The second-order valence-electron chi connectivity index (χ2n) is 4.66. The van der Waals surface area contributed by atoms with Crippen molar-refractivity contribution in [2.24, 2.45) is 5.73 Å². The lowest BCUT2D eigenvalue weighted by atomic mass is 10.1. The SMILES string of the molecule is Cc1cc(-c2cnn(CCN)c2)ccc1OCC(F)(F)F. The molecule has 1 aromatic heterocycles. The smallest absolute Gasteiger partial charge is 0.422 e. The second kappa shape index (κ2) is 6.17. The minimum Gasteiger partial charge on any atom is -0.484 e. The molecule has 2 N–H and O–H groups in total. The van der Waals surface area contributed by atoms with Gasteiger partial charge in [0.2, 0.25) is 0 Å². The maximum Gasteiger partial charge on any atom is 0.422 e. The third kappa shape index (κ3) is 4.22. The normalized spacial score (nSPS) is 11.7. The monoisotopic (exact) mass is 299 g/mol. The van der Waals surface area contributed by atoms with E-state index < -0.39 is 12.8 Å². The summed E-state index contributed by atoms with van der Waals surface area (Å²) in [6.07, 6.45) is -0.799. The Hall–Kier alpha value is -2.02. The van der Waals surface area contributed by atoms with Crippen LogP contribution < -0.4 is 10.5 Å². The van der Waals surface area contributed by atoms with Gasteiger partial charge in [-0.3, -0.25) is 4.68 Å². The minimum absolute atomic E-state index is 0.227. The van der Waals surface area contributed by atoms with E-state index in [9.17, 15) is 13.2 Å². The Balaban J connectivity index is 2.14. The Labute approximate surface area is 120 Å². The van der Waals surface area contributed by atoms with Crippen LogP contribution in [0.15, 0.2) is 30.6 Å². The summed E-state index contributed by atoms with van der Waals surface area (Å²) in [5, 5.41) is 4.16. The van der Waals surface area contributed by atoms with Crippen molar-refractivity contribution in [2.45, 2.75) is 19.6 Å². The van der Waals surface area contributed by atoms with Gasteiger partial charge in [-0.15, -0.1) is 0 Å². The number of halogens is 3. The summed E-state index contributed by atoms with van der Waals surface area (Å²) in [5.41, 5.74) is 7.85. The van der Waals surface area contributed by atoms with E-state index in [-0.39, 0.29) is 5.75 Å². The molecule has 0 spiro atoms. The summed E-state index contributed by atoms with van der Waals surface area (Å²) >= 11 is 0. The number of nitrogens with two attached hydrogens (primary N) is 1. The molecule has 0 aliphatic heterocycles. The fourth-order valence-corrected chi connectivity index (χ4v) is 1.92. The van der Waals surface area contributed by atoms with Gasteiger partial charge in [-0.25, -0.2) is 0 Å². The number of alkyl halides is 3. The molecule has 0 fully saturated rings. The van der Waals surface area contributed by atoms with Crippen molar-refractivity contribution in [3.05, 3.63) is 36.2 Å². The summed E-state index contributed by atoms with van der Waals surface area (Å²) in [5.74, 6) is 0.227. The summed E-state index contributed by atoms with van der Waals surface area (Å²) in [4.78, 5) is 0. The van der Waals surface area contributed by atoms with Crippen molar-refractivity contribution in [3.63, 3.8) is 0 Å². The predicted molar refractivity (Wildman–Crippen MR) is 73.0 cm³/mol. The molecule has 4 nitrogen and oxygen atoms in total. The average molecular weight is 299 g/mol. The van der Waals surface area contributed by atoms with Crippen molar-refractivity contribution in [1.29, 1.82) is 0 Å². The van der Waals surface area contributed by atoms with Gasteiger partial charge >= 0.3 is 6.18 Å². The molecular weight excluding hydrogens is 283 g/mol. The van der Waals surface area contributed by atoms with Gasteiger partial charge in [-0.05, 0) is 30.2 Å². The van der Waals surface area contributed by atoms with Gasteiger partial charge in [0.25, 0.3) is 0 Å². The third-order valence-corrected chi connectivity index (χ3v) is 2.89. The highest BCUT2D eigenvalue weighted by Gasteiger charge is 2.28. The molecule has 0 bridgehead atoms. The van der Waals surface area contributed by atoms with E-state index in [0.717, 1.165) is 11.1 Å². The number of hydrogen-bond acceptors (Lipinski definition) is 3. The third-order valence-electron chi connectivity index (χ3n) is 2.89. The molecule has 21 heavy (non-hydrogen) atoms. The van der Waals surface area contributed by atoms with Crippen molar-refractivity contribution in [1.82, 2.24) is 9.78 Å². The summed E-state index contributed by atoms with van der Waals surface area (Å²) in [6, 6.07) is 5.02. The van der Waals surface area contributed by atoms with Gasteiger partial charge in [0.05, 0.1) is 12.7 Å². The van der Waals surface area contributed by atoms with Crippen LogP contribution >= 0.6 is 0 Å². The van der Waals surface area contributed by atoms with Gasteiger partial charge in [-0.1, -0.05) is 6.07 Å². The topological polar surface area (TPSA) is 53.1 Å². The van der Waals surface area contributed by atoms with Crippen molar-refractivity contribution in [2.75, 3.05) is 13.2 Å². The highest BCUT2D eigenvalue weighted by Crippen LogP contribution is 2.27. The Bertz CT molecular complexity index is 608. The van der Waals surface area contributed by atoms with Gasteiger partial charge in [0.15, 0.2) is 6.61 Å². The van der Waals surface area contributed by atoms with Gasteiger partial charge < -0.3 is 10.5 Å². The summed E-state index contributed by atoms with van der Waals surface area (Å²) < 4.78 is 42.9. The van der Waals surface area contributed by atoms with Crippen LogP contribution in [-0.2, 0) is 6.54 Å². The summed E-state index contributed by atoms with van der Waals surface area (Å²) in [6.45, 7) is 1.53. The van der Waals surface area contributed by atoms with Crippen molar-refractivity contribution in [3.8, 4) is 16.9 Å². The highest BCUT2D eigenvalue weighted by atomic mass is 19.4. The van der Waals surface area contributed by atoms with Crippen LogP contribution in [-0.4, -0.2) is 29.1 Å². The van der Waals surface area contributed by atoms with Crippen LogP contribution in [0.5, 0.6) is 5.75 Å². The number of benzene rings is 1. The first-order chi connectivity index (χ1) is 9.89. The van der Waals surface area contributed by atoms with E-state index >= 15 is 0 Å². The van der Waals surface area contributed by atoms with Gasteiger partial charge in [0, 0.05) is 18.3 Å². The molecule has 0 aliphatic rings. The van der Waals surface area contributed by atoms with E-state index in [0.29, 0.717) is 18.7 Å². The molecule has 0 saturated carbocycles. The number of rotatable bonds is 5. The van der Waals surface area contributed by atoms with Crippen LogP contribution in [0.4, 0.5) is 13.2 Å². The molecule has 2 aromatic rings. The molecule has 0 aliphatic carbocycles. The number of nitrogens with zero attached hydrogens (tertiary/aromatic N) is 2. The van der Waals surface area contributed by atoms with Gasteiger partial charge in [-0.2, -0.15) is 18.3 Å². The second-order valence-corrected chi connectivity index (χ2v) is 4.66. The van der Waals surface area contributed by atoms with E-state index in [4.69, 9.17) is 10.5 Å². The Morgan fingerprint density at radius 1 is 1.29 bits per heavy atom. The number of hydrogen-bond donors (Lipinski definition) is 1. The number of ether oxygens (including phenoxy) is 1. The first-order valence-electron chi connectivity index (χ1n) is 6.42. The van der Waals surface area contributed by atoms with E-state index in [1.54, 1.807) is 29.9 Å². The average Bonchev–Trinajstić information content (AvgIpc) is 2.85. The highest BCUT2D eigenvalue weighted by molar-refractivity contribution is 5.64. The van der Waals surface area contributed by atoms with E-state index in [1.807, 2.05) is 6.20 Å². The molecule has 2 rings (SSSR count). The van der Waals surface area contributed by atoms with Crippen LogP contribution in [0.1, 0.15) is 5.56 Å². The van der Waals surface area contributed by atoms with Crippen LogP contribution in [0.25, 0.3) is 11.1 Å². The standard InChI is InChI=1S/C14H16F3N3O/c1-10-6-11(12-7-19-20(8-12)5-4-18)2-3-13(10)21-9-14(15,16)17/h2-3,6-8H,4-5,9,18H2,1H3. The first kappa shape index (κ1) is 15.4. The lowest BCUT2D eigenvalue weighted by molar-refractivity contribution is -0.153. The molecule has 1 heterocycles. The lowest BCUT2D eigenvalue weighted by Gasteiger charge is -2.12. The molecular formula is C14H16F3N3O. The van der Waals surface area contributed by atoms with Gasteiger partial charge in [0.1, 0.15) is 5.75 Å². The minimum atomic E-state index is -4.34. The molecule has 0 atom stereocenters. The zero-order chi connectivity index (χ0) is 15.5.